The summed E-state index contributed by atoms with van der Waals surface area (Å²) in [6.07, 6.45) is 1.46. The third-order valence-electron chi connectivity index (χ3n) is 2.22. The Hall–Kier alpha value is -1.51. The standard InChI is InChI=1S/C10H11BrN6O.2ClH/c1-6-14-16-10(17(6)12)15-13-5-7-4-8(11)2-3-9(7)18;;/h2-5,18H,12H2,1H3,(H,15,16);2*1H. The Kier molecular flexibility index (Phi) is 7.33. The van der Waals surface area contributed by atoms with Gasteiger partial charge >= 0.3 is 0 Å². The minimum atomic E-state index is 0. The van der Waals surface area contributed by atoms with Gasteiger partial charge in [-0.25, -0.2) is 10.1 Å². The van der Waals surface area contributed by atoms with Gasteiger partial charge in [0.15, 0.2) is 5.82 Å². The van der Waals surface area contributed by atoms with Crippen LogP contribution in [0.25, 0.3) is 0 Å². The number of aromatic nitrogens is 3. The van der Waals surface area contributed by atoms with Crippen molar-refractivity contribution in [3.63, 3.8) is 0 Å². The normalized spacial score (nSPS) is 9.90. The van der Waals surface area contributed by atoms with E-state index in [1.54, 1.807) is 25.1 Å². The number of aryl methyl sites for hydroxylation is 1. The average Bonchev–Trinajstić information content (AvgIpc) is 2.65. The van der Waals surface area contributed by atoms with Gasteiger partial charge in [0.2, 0.25) is 0 Å². The largest absolute Gasteiger partial charge is 0.507 e. The summed E-state index contributed by atoms with van der Waals surface area (Å²) >= 11 is 3.31. The summed E-state index contributed by atoms with van der Waals surface area (Å²) in [4.78, 5) is 0. The maximum absolute atomic E-state index is 9.59. The Bertz CT molecular complexity index is 603. The van der Waals surface area contributed by atoms with Crippen LogP contribution in [-0.4, -0.2) is 26.2 Å². The van der Waals surface area contributed by atoms with Gasteiger partial charge < -0.3 is 10.9 Å². The van der Waals surface area contributed by atoms with Gasteiger partial charge in [-0.3, -0.25) is 0 Å². The SMILES string of the molecule is Cc1nnc(NN=Cc2cc(Br)ccc2O)n1N.Cl.Cl. The number of halogens is 3. The average molecular weight is 384 g/mol. The molecule has 7 nitrogen and oxygen atoms in total. The van der Waals surface area contributed by atoms with Crippen LogP contribution < -0.4 is 11.3 Å². The zero-order chi connectivity index (χ0) is 13.1. The Morgan fingerprint density at radius 2 is 2.10 bits per heavy atom. The van der Waals surface area contributed by atoms with Gasteiger partial charge in [0, 0.05) is 10.0 Å². The summed E-state index contributed by atoms with van der Waals surface area (Å²) in [5.41, 5.74) is 3.20. The molecule has 1 aromatic carbocycles. The van der Waals surface area contributed by atoms with Gasteiger partial charge in [0.05, 0.1) is 6.21 Å². The number of phenols is 1. The van der Waals surface area contributed by atoms with E-state index in [1.807, 2.05) is 0 Å². The molecule has 20 heavy (non-hydrogen) atoms. The second kappa shape index (κ2) is 7.93. The molecule has 0 aliphatic rings. The zero-order valence-corrected chi connectivity index (χ0v) is 13.5. The van der Waals surface area contributed by atoms with Crippen molar-refractivity contribution in [3.8, 4) is 5.75 Å². The number of nitrogens with two attached hydrogens (primary N) is 1. The predicted molar refractivity (Wildman–Crippen MR) is 86.4 cm³/mol. The second-order valence-electron chi connectivity index (χ2n) is 3.51. The molecule has 0 unspecified atom stereocenters. The zero-order valence-electron chi connectivity index (χ0n) is 10.3. The van der Waals surface area contributed by atoms with Gasteiger partial charge in [-0.05, 0) is 25.1 Å². The quantitative estimate of drug-likeness (QED) is 0.427. The van der Waals surface area contributed by atoms with E-state index in [0.29, 0.717) is 17.3 Å². The van der Waals surface area contributed by atoms with Crippen LogP contribution in [0, 0.1) is 6.92 Å². The van der Waals surface area contributed by atoms with Crippen LogP contribution in [0.5, 0.6) is 5.75 Å². The molecule has 1 heterocycles. The van der Waals surface area contributed by atoms with Crippen LogP contribution in [0.15, 0.2) is 27.8 Å². The van der Waals surface area contributed by atoms with Gasteiger partial charge in [-0.1, -0.05) is 15.9 Å². The molecule has 0 spiro atoms. The van der Waals surface area contributed by atoms with Crippen molar-refractivity contribution in [2.24, 2.45) is 5.10 Å². The van der Waals surface area contributed by atoms with Crippen LogP contribution in [0.3, 0.4) is 0 Å². The first-order chi connectivity index (χ1) is 8.58. The molecule has 0 saturated carbocycles. The van der Waals surface area contributed by atoms with Crippen LogP contribution in [0.2, 0.25) is 0 Å². The van der Waals surface area contributed by atoms with Crippen molar-refractivity contribution in [1.82, 2.24) is 14.9 Å². The summed E-state index contributed by atoms with van der Waals surface area (Å²) in [6.45, 7) is 1.72. The van der Waals surface area contributed by atoms with Crippen molar-refractivity contribution in [2.45, 2.75) is 6.92 Å². The molecule has 2 rings (SSSR count). The third-order valence-corrected chi connectivity index (χ3v) is 2.72. The minimum Gasteiger partial charge on any atom is -0.507 e. The maximum Gasteiger partial charge on any atom is 0.263 e. The van der Waals surface area contributed by atoms with E-state index in [9.17, 15) is 5.11 Å². The minimum absolute atomic E-state index is 0. The summed E-state index contributed by atoms with van der Waals surface area (Å²) in [6, 6.07) is 5.04. The van der Waals surface area contributed by atoms with Crippen LogP contribution in [0.4, 0.5) is 5.95 Å². The molecule has 0 radical (unpaired) electrons. The lowest BCUT2D eigenvalue weighted by atomic mass is 10.2. The number of aromatic hydroxyl groups is 1. The van der Waals surface area contributed by atoms with Gasteiger partial charge in [-0.2, -0.15) is 5.10 Å². The molecule has 1 aromatic heterocycles. The Balaban J connectivity index is 0.00000180. The van der Waals surface area contributed by atoms with Crippen molar-refractivity contribution in [1.29, 1.82) is 0 Å². The van der Waals surface area contributed by atoms with E-state index < -0.39 is 0 Å². The molecular weight excluding hydrogens is 371 g/mol. The predicted octanol–water partition coefficient (Wildman–Crippen LogP) is 2.06. The molecule has 0 saturated heterocycles. The number of phenolic OH excluding ortho intramolecular Hbond substituents is 1. The first-order valence-corrected chi connectivity index (χ1v) is 5.82. The van der Waals surface area contributed by atoms with Gasteiger partial charge in [-0.15, -0.1) is 35.0 Å². The first kappa shape index (κ1) is 18.5. The molecule has 2 aromatic rings. The molecule has 0 bridgehead atoms. The molecule has 0 fully saturated rings. The summed E-state index contributed by atoms with van der Waals surface area (Å²) in [7, 11) is 0. The number of nitrogens with zero attached hydrogens (tertiary/aromatic N) is 4. The first-order valence-electron chi connectivity index (χ1n) is 5.02. The fourth-order valence-electron chi connectivity index (χ4n) is 1.23. The highest BCUT2D eigenvalue weighted by Gasteiger charge is 2.03. The number of benzene rings is 1. The van der Waals surface area contributed by atoms with E-state index in [1.165, 1.54) is 10.9 Å². The third kappa shape index (κ3) is 4.26. The molecule has 0 atom stereocenters. The molecule has 110 valence electrons. The van der Waals surface area contributed by atoms with Gasteiger partial charge in [0.1, 0.15) is 5.75 Å². The van der Waals surface area contributed by atoms with Crippen molar-refractivity contribution in [2.75, 3.05) is 11.3 Å². The molecule has 4 N–H and O–H groups in total. The van der Waals surface area contributed by atoms with Gasteiger partial charge in [0.25, 0.3) is 5.95 Å². The van der Waals surface area contributed by atoms with Crippen molar-refractivity contribution in [3.05, 3.63) is 34.1 Å². The fourth-order valence-corrected chi connectivity index (χ4v) is 1.61. The lowest BCUT2D eigenvalue weighted by Gasteiger charge is -2.01. The number of hydrogen-bond donors (Lipinski definition) is 3. The maximum atomic E-state index is 9.59. The molecular formula is C10H13BrCl2N6O. The number of nitrogen functional groups attached to an aromatic ring is 1. The van der Waals surface area contributed by atoms with Crippen LogP contribution in [0.1, 0.15) is 11.4 Å². The molecule has 0 amide bonds. The van der Waals surface area contributed by atoms with Crippen molar-refractivity contribution >= 4 is 52.9 Å². The monoisotopic (exact) mass is 382 g/mol. The fraction of sp³-hybridized carbons (Fsp3) is 0.100. The highest BCUT2D eigenvalue weighted by atomic mass is 79.9. The summed E-state index contributed by atoms with van der Waals surface area (Å²) in [5.74, 6) is 6.65. The summed E-state index contributed by atoms with van der Waals surface area (Å²) < 4.78 is 2.12. The van der Waals surface area contributed by atoms with E-state index in [4.69, 9.17) is 5.84 Å². The number of rotatable bonds is 3. The lowest BCUT2D eigenvalue weighted by Crippen LogP contribution is -2.13. The molecule has 0 aliphatic heterocycles. The lowest BCUT2D eigenvalue weighted by molar-refractivity contribution is 0.474. The topological polar surface area (TPSA) is 101 Å². The highest BCUT2D eigenvalue weighted by Crippen LogP contribution is 2.20. The Morgan fingerprint density at radius 1 is 1.40 bits per heavy atom. The smallest absolute Gasteiger partial charge is 0.263 e. The number of anilines is 1. The van der Waals surface area contributed by atoms with E-state index >= 15 is 0 Å². The number of nitrogens with one attached hydrogen (secondary N) is 1. The van der Waals surface area contributed by atoms with Crippen LogP contribution >= 0.6 is 40.7 Å². The summed E-state index contributed by atoms with van der Waals surface area (Å²) in [5, 5.41) is 21.1. The van der Waals surface area contributed by atoms with E-state index in [-0.39, 0.29) is 30.6 Å². The van der Waals surface area contributed by atoms with E-state index in [0.717, 1.165) is 4.47 Å². The number of hydrazone groups is 1. The highest BCUT2D eigenvalue weighted by molar-refractivity contribution is 9.10. The second-order valence-corrected chi connectivity index (χ2v) is 4.43. The van der Waals surface area contributed by atoms with Crippen LogP contribution in [-0.2, 0) is 0 Å². The number of hydrogen-bond acceptors (Lipinski definition) is 6. The van der Waals surface area contributed by atoms with E-state index in [2.05, 4.69) is 36.7 Å². The Morgan fingerprint density at radius 3 is 2.70 bits per heavy atom. The molecule has 0 aliphatic carbocycles. The van der Waals surface area contributed by atoms with Crippen molar-refractivity contribution < 1.29 is 5.11 Å². The Labute approximate surface area is 136 Å². The molecule has 10 heteroatoms.